The van der Waals surface area contributed by atoms with E-state index < -0.39 is 0 Å². The van der Waals surface area contributed by atoms with Gasteiger partial charge in [0, 0.05) is 6.04 Å². The van der Waals surface area contributed by atoms with Crippen molar-refractivity contribution in [3.8, 4) is 0 Å². The van der Waals surface area contributed by atoms with Crippen molar-refractivity contribution in [1.29, 1.82) is 0 Å². The van der Waals surface area contributed by atoms with Crippen molar-refractivity contribution in [2.24, 2.45) is 0 Å². The average molecular weight is 203 g/mol. The fourth-order valence-corrected chi connectivity index (χ4v) is 1.56. The lowest BCUT2D eigenvalue weighted by Gasteiger charge is -2.14. The Morgan fingerprint density at radius 2 is 2.20 bits per heavy atom. The van der Waals surface area contributed by atoms with Crippen molar-refractivity contribution in [3.05, 3.63) is 47.5 Å². The van der Waals surface area contributed by atoms with Crippen LogP contribution < -0.4 is 5.32 Å². The number of aryl methyl sites for hydroxylation is 1. The van der Waals surface area contributed by atoms with Gasteiger partial charge in [0.15, 0.2) is 0 Å². The highest BCUT2D eigenvalue weighted by atomic mass is 14.9. The minimum Gasteiger partial charge on any atom is -0.310 e. The van der Waals surface area contributed by atoms with Crippen LogP contribution in [-0.4, -0.2) is 6.54 Å². The Balaban J connectivity index is 2.46. The summed E-state index contributed by atoms with van der Waals surface area (Å²) in [7, 11) is 0. The Hall–Kier alpha value is -1.08. The van der Waals surface area contributed by atoms with Crippen LogP contribution in [0.2, 0.25) is 0 Å². The molecule has 0 aromatic heterocycles. The standard InChI is InChI=1S/C14H21N/c1-11(2)8-9-15-13(4)14-7-5-6-12(3)10-14/h5-7,10,13,15H,1,8-9H2,2-4H3/t13-/m1/s1. The molecule has 15 heavy (non-hydrogen) atoms. The van der Waals surface area contributed by atoms with Crippen LogP contribution in [0.25, 0.3) is 0 Å². The summed E-state index contributed by atoms with van der Waals surface area (Å²) in [4.78, 5) is 0. The van der Waals surface area contributed by atoms with Crippen molar-refractivity contribution < 1.29 is 0 Å². The van der Waals surface area contributed by atoms with E-state index in [-0.39, 0.29) is 0 Å². The predicted molar refractivity (Wildman–Crippen MR) is 67.0 cm³/mol. The van der Waals surface area contributed by atoms with Gasteiger partial charge in [-0.25, -0.2) is 0 Å². The van der Waals surface area contributed by atoms with E-state index in [4.69, 9.17) is 0 Å². The summed E-state index contributed by atoms with van der Waals surface area (Å²) in [5, 5.41) is 3.50. The minimum absolute atomic E-state index is 0.421. The zero-order valence-corrected chi connectivity index (χ0v) is 10.0. The van der Waals surface area contributed by atoms with Crippen LogP contribution in [0.1, 0.15) is 37.4 Å². The Kier molecular flexibility index (Phi) is 4.57. The van der Waals surface area contributed by atoms with Crippen LogP contribution in [0.15, 0.2) is 36.4 Å². The van der Waals surface area contributed by atoms with Crippen molar-refractivity contribution in [2.75, 3.05) is 6.54 Å². The SMILES string of the molecule is C=C(C)CCN[C@H](C)c1cccc(C)c1. The van der Waals surface area contributed by atoms with Gasteiger partial charge in [0.1, 0.15) is 0 Å². The van der Waals surface area contributed by atoms with Gasteiger partial charge in [0.25, 0.3) is 0 Å². The van der Waals surface area contributed by atoms with E-state index >= 15 is 0 Å². The van der Waals surface area contributed by atoms with Gasteiger partial charge in [-0.1, -0.05) is 35.4 Å². The largest absolute Gasteiger partial charge is 0.310 e. The zero-order chi connectivity index (χ0) is 11.3. The quantitative estimate of drug-likeness (QED) is 0.721. The van der Waals surface area contributed by atoms with Gasteiger partial charge in [-0.3, -0.25) is 0 Å². The van der Waals surface area contributed by atoms with Crippen molar-refractivity contribution in [1.82, 2.24) is 5.32 Å². The molecule has 1 aromatic rings. The van der Waals surface area contributed by atoms with E-state index in [1.165, 1.54) is 16.7 Å². The second-order valence-electron chi connectivity index (χ2n) is 4.30. The molecule has 0 aliphatic rings. The summed E-state index contributed by atoms with van der Waals surface area (Å²) in [5.41, 5.74) is 3.91. The second kappa shape index (κ2) is 5.72. The van der Waals surface area contributed by atoms with Gasteiger partial charge in [0.2, 0.25) is 0 Å². The molecule has 0 bridgehead atoms. The molecule has 1 rings (SSSR count). The van der Waals surface area contributed by atoms with Crippen LogP contribution in [0, 0.1) is 6.92 Å². The molecule has 1 nitrogen and oxygen atoms in total. The molecule has 0 saturated carbocycles. The van der Waals surface area contributed by atoms with E-state index in [1.54, 1.807) is 0 Å². The van der Waals surface area contributed by atoms with Gasteiger partial charge >= 0.3 is 0 Å². The Labute approximate surface area is 93.2 Å². The molecule has 0 unspecified atom stereocenters. The highest BCUT2D eigenvalue weighted by Crippen LogP contribution is 2.13. The Morgan fingerprint density at radius 3 is 2.80 bits per heavy atom. The zero-order valence-electron chi connectivity index (χ0n) is 10.0. The molecule has 1 aromatic carbocycles. The van der Waals surface area contributed by atoms with Crippen molar-refractivity contribution in [2.45, 2.75) is 33.2 Å². The van der Waals surface area contributed by atoms with E-state index in [0.29, 0.717) is 6.04 Å². The molecule has 0 saturated heterocycles. The first kappa shape index (κ1) is 12.0. The van der Waals surface area contributed by atoms with E-state index in [0.717, 1.165) is 13.0 Å². The summed E-state index contributed by atoms with van der Waals surface area (Å²) in [6, 6.07) is 9.07. The first-order chi connectivity index (χ1) is 7.09. The lowest BCUT2D eigenvalue weighted by molar-refractivity contribution is 0.576. The van der Waals surface area contributed by atoms with Gasteiger partial charge in [-0.05, 0) is 39.3 Å². The number of benzene rings is 1. The molecular formula is C14H21N. The summed E-state index contributed by atoms with van der Waals surface area (Å²) in [5.74, 6) is 0. The molecule has 1 N–H and O–H groups in total. The first-order valence-electron chi connectivity index (χ1n) is 5.54. The Morgan fingerprint density at radius 1 is 1.47 bits per heavy atom. The van der Waals surface area contributed by atoms with E-state index in [2.05, 4.69) is 56.9 Å². The summed E-state index contributed by atoms with van der Waals surface area (Å²) in [6.07, 6.45) is 1.05. The average Bonchev–Trinajstić information content (AvgIpc) is 2.17. The fraction of sp³-hybridized carbons (Fsp3) is 0.429. The molecular weight excluding hydrogens is 182 g/mol. The third-order valence-corrected chi connectivity index (χ3v) is 2.54. The monoisotopic (exact) mass is 203 g/mol. The molecule has 82 valence electrons. The third-order valence-electron chi connectivity index (χ3n) is 2.54. The predicted octanol–water partition coefficient (Wildman–Crippen LogP) is 3.61. The maximum absolute atomic E-state index is 3.90. The minimum atomic E-state index is 0.421. The smallest absolute Gasteiger partial charge is 0.0292 e. The van der Waals surface area contributed by atoms with Gasteiger partial charge in [0.05, 0.1) is 0 Å². The summed E-state index contributed by atoms with van der Waals surface area (Å²) in [6.45, 7) is 11.3. The highest BCUT2D eigenvalue weighted by Gasteiger charge is 2.03. The second-order valence-corrected chi connectivity index (χ2v) is 4.30. The van der Waals surface area contributed by atoms with Gasteiger partial charge < -0.3 is 5.32 Å². The fourth-order valence-electron chi connectivity index (χ4n) is 1.56. The van der Waals surface area contributed by atoms with Crippen molar-refractivity contribution >= 4 is 0 Å². The molecule has 0 spiro atoms. The summed E-state index contributed by atoms with van der Waals surface area (Å²) < 4.78 is 0. The molecule has 0 radical (unpaired) electrons. The van der Waals surface area contributed by atoms with Crippen LogP contribution in [-0.2, 0) is 0 Å². The van der Waals surface area contributed by atoms with Crippen molar-refractivity contribution in [3.63, 3.8) is 0 Å². The van der Waals surface area contributed by atoms with Crippen LogP contribution in [0.3, 0.4) is 0 Å². The molecule has 1 atom stereocenters. The van der Waals surface area contributed by atoms with E-state index in [1.807, 2.05) is 0 Å². The number of nitrogens with one attached hydrogen (secondary N) is 1. The topological polar surface area (TPSA) is 12.0 Å². The number of hydrogen-bond donors (Lipinski definition) is 1. The molecule has 0 amide bonds. The van der Waals surface area contributed by atoms with Crippen LogP contribution in [0.4, 0.5) is 0 Å². The number of rotatable bonds is 5. The molecule has 0 aliphatic carbocycles. The maximum atomic E-state index is 3.90. The molecule has 1 heteroatoms. The normalized spacial score (nSPS) is 12.5. The molecule has 0 fully saturated rings. The van der Waals surface area contributed by atoms with E-state index in [9.17, 15) is 0 Å². The van der Waals surface area contributed by atoms with Crippen LogP contribution in [0.5, 0.6) is 0 Å². The van der Waals surface area contributed by atoms with Gasteiger partial charge in [-0.2, -0.15) is 0 Å². The van der Waals surface area contributed by atoms with Gasteiger partial charge in [-0.15, -0.1) is 6.58 Å². The lowest BCUT2D eigenvalue weighted by atomic mass is 10.1. The highest BCUT2D eigenvalue weighted by molar-refractivity contribution is 5.24. The first-order valence-corrected chi connectivity index (χ1v) is 5.54. The molecule has 0 aliphatic heterocycles. The summed E-state index contributed by atoms with van der Waals surface area (Å²) >= 11 is 0. The lowest BCUT2D eigenvalue weighted by Crippen LogP contribution is -2.19. The Bertz CT molecular complexity index is 328. The number of hydrogen-bond acceptors (Lipinski definition) is 1. The third kappa shape index (κ3) is 4.30. The molecule has 0 heterocycles. The van der Waals surface area contributed by atoms with Crippen LogP contribution >= 0.6 is 0 Å². The maximum Gasteiger partial charge on any atom is 0.0292 e.